The summed E-state index contributed by atoms with van der Waals surface area (Å²) < 4.78 is 6.89. The van der Waals surface area contributed by atoms with Gasteiger partial charge in [-0.15, -0.1) is 0 Å². The van der Waals surface area contributed by atoms with Crippen LogP contribution in [0.25, 0.3) is 11.1 Å². The fraction of sp³-hybridized carbons (Fsp3) is 0.235. The second-order valence-electron chi connectivity index (χ2n) is 5.06. The first-order chi connectivity index (χ1) is 10.2. The van der Waals surface area contributed by atoms with Crippen LogP contribution in [0, 0.1) is 0 Å². The van der Waals surface area contributed by atoms with E-state index in [0.717, 1.165) is 17.5 Å². The van der Waals surface area contributed by atoms with Crippen molar-refractivity contribution in [3.63, 3.8) is 0 Å². The molecular weight excluding hydrogens is 266 g/mol. The lowest BCUT2D eigenvalue weighted by Crippen LogP contribution is -2.13. The lowest BCUT2D eigenvalue weighted by atomic mass is 10.0. The minimum Gasteiger partial charge on any atom is -0.408 e. The number of benzene rings is 2. The van der Waals surface area contributed by atoms with Gasteiger partial charge in [-0.25, -0.2) is 4.79 Å². The SMILES string of the molecule is CCCn1c(=O)oc2cc(C(O)c3ccccc3)ccc21. The van der Waals surface area contributed by atoms with Crippen molar-refractivity contribution in [3.05, 3.63) is 70.2 Å². The number of aliphatic hydroxyl groups is 1. The average Bonchev–Trinajstić information content (AvgIpc) is 2.83. The predicted molar refractivity (Wildman–Crippen MR) is 81.3 cm³/mol. The van der Waals surface area contributed by atoms with E-state index in [-0.39, 0.29) is 5.76 Å². The molecule has 0 aliphatic heterocycles. The molecule has 1 aromatic heterocycles. The normalized spacial score (nSPS) is 12.7. The molecule has 3 rings (SSSR count). The molecule has 3 aromatic rings. The average molecular weight is 283 g/mol. The number of oxazole rings is 1. The summed E-state index contributed by atoms with van der Waals surface area (Å²) in [6.45, 7) is 2.64. The fourth-order valence-electron chi connectivity index (χ4n) is 2.52. The summed E-state index contributed by atoms with van der Waals surface area (Å²) in [6.07, 6.45) is 0.138. The number of aryl methyl sites for hydroxylation is 1. The maximum atomic E-state index is 11.8. The first-order valence-electron chi connectivity index (χ1n) is 7.07. The van der Waals surface area contributed by atoms with Crippen LogP contribution in [0.5, 0.6) is 0 Å². The summed E-state index contributed by atoms with van der Waals surface area (Å²) in [5.41, 5.74) is 2.81. The molecule has 0 saturated heterocycles. The van der Waals surface area contributed by atoms with Gasteiger partial charge in [0.15, 0.2) is 5.58 Å². The van der Waals surface area contributed by atoms with Gasteiger partial charge in [-0.1, -0.05) is 43.3 Å². The third kappa shape index (κ3) is 2.50. The van der Waals surface area contributed by atoms with E-state index < -0.39 is 6.10 Å². The lowest BCUT2D eigenvalue weighted by Gasteiger charge is -2.11. The number of hydrogen-bond acceptors (Lipinski definition) is 3. The van der Waals surface area contributed by atoms with Crippen LogP contribution < -0.4 is 5.76 Å². The topological polar surface area (TPSA) is 55.4 Å². The summed E-state index contributed by atoms with van der Waals surface area (Å²) in [6, 6.07) is 14.8. The summed E-state index contributed by atoms with van der Waals surface area (Å²) in [5, 5.41) is 10.4. The maximum absolute atomic E-state index is 11.8. The molecule has 0 bridgehead atoms. The Hall–Kier alpha value is -2.33. The van der Waals surface area contributed by atoms with Crippen LogP contribution >= 0.6 is 0 Å². The highest BCUT2D eigenvalue weighted by Gasteiger charge is 2.14. The van der Waals surface area contributed by atoms with Crippen molar-refractivity contribution in [1.82, 2.24) is 4.57 Å². The largest absolute Gasteiger partial charge is 0.419 e. The monoisotopic (exact) mass is 283 g/mol. The Morgan fingerprint density at radius 3 is 2.62 bits per heavy atom. The molecule has 1 unspecified atom stereocenters. The van der Waals surface area contributed by atoms with Crippen LogP contribution in [0.4, 0.5) is 0 Å². The highest BCUT2D eigenvalue weighted by atomic mass is 16.4. The van der Waals surface area contributed by atoms with Crippen molar-refractivity contribution < 1.29 is 9.52 Å². The lowest BCUT2D eigenvalue weighted by molar-refractivity contribution is 0.220. The minimum absolute atomic E-state index is 0.349. The molecule has 0 aliphatic rings. The number of aromatic nitrogens is 1. The van der Waals surface area contributed by atoms with E-state index in [4.69, 9.17) is 4.42 Å². The Bertz CT molecular complexity index is 802. The zero-order valence-electron chi connectivity index (χ0n) is 11.8. The minimum atomic E-state index is -0.726. The van der Waals surface area contributed by atoms with Crippen LogP contribution in [0.2, 0.25) is 0 Å². The van der Waals surface area contributed by atoms with Crippen LogP contribution in [0.3, 0.4) is 0 Å². The summed E-state index contributed by atoms with van der Waals surface area (Å²) in [4.78, 5) is 11.8. The number of hydrogen-bond donors (Lipinski definition) is 1. The van der Waals surface area contributed by atoms with Gasteiger partial charge in [0.1, 0.15) is 6.10 Å². The van der Waals surface area contributed by atoms with Gasteiger partial charge in [0.25, 0.3) is 0 Å². The van der Waals surface area contributed by atoms with E-state index in [1.807, 2.05) is 49.4 Å². The smallest absolute Gasteiger partial charge is 0.408 e. The Labute approximate surface area is 122 Å². The molecule has 0 saturated carbocycles. The van der Waals surface area contributed by atoms with Gasteiger partial charge in [0.2, 0.25) is 0 Å². The molecule has 21 heavy (non-hydrogen) atoms. The Morgan fingerprint density at radius 2 is 1.90 bits per heavy atom. The molecule has 1 atom stereocenters. The van der Waals surface area contributed by atoms with Gasteiger partial charge >= 0.3 is 5.76 Å². The van der Waals surface area contributed by atoms with Gasteiger partial charge in [0, 0.05) is 6.54 Å². The maximum Gasteiger partial charge on any atom is 0.419 e. The van der Waals surface area contributed by atoms with E-state index in [1.54, 1.807) is 10.6 Å². The van der Waals surface area contributed by atoms with Gasteiger partial charge in [-0.2, -0.15) is 0 Å². The third-order valence-corrected chi connectivity index (χ3v) is 3.57. The molecule has 0 spiro atoms. The molecule has 108 valence electrons. The molecule has 2 aromatic carbocycles. The molecular formula is C17H17NO3. The van der Waals surface area contributed by atoms with Crippen molar-refractivity contribution in [2.24, 2.45) is 0 Å². The van der Waals surface area contributed by atoms with Crippen molar-refractivity contribution in [2.75, 3.05) is 0 Å². The first-order valence-corrected chi connectivity index (χ1v) is 7.07. The predicted octanol–water partition coefficient (Wildman–Crippen LogP) is 3.09. The van der Waals surface area contributed by atoms with E-state index in [9.17, 15) is 9.90 Å². The highest BCUT2D eigenvalue weighted by Crippen LogP contribution is 2.25. The van der Waals surface area contributed by atoms with Crippen LogP contribution in [0.15, 0.2) is 57.7 Å². The zero-order chi connectivity index (χ0) is 14.8. The van der Waals surface area contributed by atoms with Gasteiger partial charge < -0.3 is 9.52 Å². The van der Waals surface area contributed by atoms with E-state index >= 15 is 0 Å². The van der Waals surface area contributed by atoms with Crippen molar-refractivity contribution >= 4 is 11.1 Å². The number of rotatable bonds is 4. The van der Waals surface area contributed by atoms with Gasteiger partial charge in [0.05, 0.1) is 5.52 Å². The van der Waals surface area contributed by atoms with Crippen LogP contribution in [0.1, 0.15) is 30.6 Å². The molecule has 0 aliphatic carbocycles. The number of aliphatic hydroxyl groups excluding tert-OH is 1. The standard InChI is InChI=1S/C17H17NO3/c1-2-10-18-14-9-8-13(11-15(14)21-17(18)20)16(19)12-6-4-3-5-7-12/h3-9,11,16,19H,2,10H2,1H3. The van der Waals surface area contributed by atoms with Crippen LogP contribution in [-0.4, -0.2) is 9.67 Å². The summed E-state index contributed by atoms with van der Waals surface area (Å²) in [5.74, 6) is -0.349. The second-order valence-corrected chi connectivity index (χ2v) is 5.06. The van der Waals surface area contributed by atoms with E-state index in [0.29, 0.717) is 17.7 Å². The molecule has 1 heterocycles. The molecule has 0 fully saturated rings. The molecule has 4 nitrogen and oxygen atoms in total. The number of nitrogens with zero attached hydrogens (tertiary/aromatic N) is 1. The zero-order valence-corrected chi connectivity index (χ0v) is 11.8. The molecule has 0 amide bonds. The third-order valence-electron chi connectivity index (χ3n) is 3.57. The quantitative estimate of drug-likeness (QED) is 0.800. The Morgan fingerprint density at radius 1 is 1.14 bits per heavy atom. The molecule has 4 heteroatoms. The molecule has 1 N–H and O–H groups in total. The van der Waals surface area contributed by atoms with E-state index in [1.165, 1.54) is 0 Å². The van der Waals surface area contributed by atoms with Gasteiger partial charge in [-0.3, -0.25) is 4.57 Å². The Balaban J connectivity index is 2.04. The van der Waals surface area contributed by atoms with E-state index in [2.05, 4.69) is 0 Å². The second kappa shape index (κ2) is 5.58. The first kappa shape index (κ1) is 13.6. The van der Waals surface area contributed by atoms with Crippen molar-refractivity contribution in [1.29, 1.82) is 0 Å². The number of fused-ring (bicyclic) bond motifs is 1. The van der Waals surface area contributed by atoms with Crippen molar-refractivity contribution in [2.45, 2.75) is 26.0 Å². The van der Waals surface area contributed by atoms with Crippen LogP contribution in [-0.2, 0) is 6.54 Å². The fourth-order valence-corrected chi connectivity index (χ4v) is 2.52. The molecule has 0 radical (unpaired) electrons. The van der Waals surface area contributed by atoms with Gasteiger partial charge in [-0.05, 0) is 29.7 Å². The summed E-state index contributed by atoms with van der Waals surface area (Å²) >= 11 is 0. The Kier molecular flexibility index (Phi) is 3.62. The van der Waals surface area contributed by atoms with Crippen molar-refractivity contribution in [3.8, 4) is 0 Å². The summed E-state index contributed by atoms with van der Waals surface area (Å²) in [7, 11) is 0. The highest BCUT2D eigenvalue weighted by molar-refractivity contribution is 5.74.